The lowest BCUT2D eigenvalue weighted by atomic mass is 9.99. The Morgan fingerprint density at radius 2 is 2.43 bits per heavy atom. The zero-order valence-electron chi connectivity index (χ0n) is 7.83. The second-order valence-electron chi connectivity index (χ2n) is 3.72. The van der Waals surface area contributed by atoms with Crippen molar-refractivity contribution in [2.24, 2.45) is 0 Å². The predicted octanol–water partition coefficient (Wildman–Crippen LogP) is 1.03. The lowest BCUT2D eigenvalue weighted by Crippen LogP contribution is -2.07. The number of nitrogens with one attached hydrogen (secondary N) is 2. The molecule has 1 atom stereocenters. The van der Waals surface area contributed by atoms with E-state index >= 15 is 0 Å². The van der Waals surface area contributed by atoms with Crippen LogP contribution in [-0.2, 0) is 0 Å². The van der Waals surface area contributed by atoms with Crippen molar-refractivity contribution in [3.05, 3.63) is 24.3 Å². The van der Waals surface area contributed by atoms with Gasteiger partial charge in [0.2, 0.25) is 0 Å². The van der Waals surface area contributed by atoms with E-state index in [2.05, 4.69) is 26.5 Å². The highest BCUT2D eigenvalue weighted by molar-refractivity contribution is 5.79. The minimum atomic E-state index is 0.620. The van der Waals surface area contributed by atoms with Gasteiger partial charge >= 0.3 is 0 Å². The molecule has 3 heterocycles. The number of nitrogens with zero attached hydrogens (tertiary/aromatic N) is 2. The van der Waals surface area contributed by atoms with Gasteiger partial charge < -0.3 is 10.3 Å². The van der Waals surface area contributed by atoms with E-state index < -0.39 is 0 Å². The van der Waals surface area contributed by atoms with E-state index in [0.717, 1.165) is 18.7 Å². The van der Waals surface area contributed by atoms with Crippen LogP contribution in [0.5, 0.6) is 0 Å². The van der Waals surface area contributed by atoms with Crippen LogP contribution in [0.4, 0.5) is 0 Å². The molecule has 2 aromatic heterocycles. The first-order valence-corrected chi connectivity index (χ1v) is 4.93. The third-order valence-electron chi connectivity index (χ3n) is 2.89. The van der Waals surface area contributed by atoms with Crippen LogP contribution in [-0.4, -0.2) is 28.0 Å². The summed E-state index contributed by atoms with van der Waals surface area (Å²) in [5.74, 6) is 0.620. The van der Waals surface area contributed by atoms with E-state index in [0.29, 0.717) is 5.92 Å². The monoisotopic (exact) mass is 188 g/mol. The number of hydrogen-bond acceptors (Lipinski definition) is 3. The molecule has 0 amide bonds. The number of aromatic amines is 1. The molecule has 0 bridgehead atoms. The van der Waals surface area contributed by atoms with Gasteiger partial charge in [-0.15, -0.1) is 0 Å². The van der Waals surface area contributed by atoms with E-state index in [-0.39, 0.29) is 0 Å². The van der Waals surface area contributed by atoms with E-state index in [9.17, 15) is 0 Å². The zero-order chi connectivity index (χ0) is 9.38. The first-order chi connectivity index (χ1) is 6.95. The molecule has 72 valence electrons. The third-order valence-corrected chi connectivity index (χ3v) is 2.89. The van der Waals surface area contributed by atoms with Crippen LogP contribution in [0.3, 0.4) is 0 Å². The molecule has 3 rings (SSSR count). The van der Waals surface area contributed by atoms with Crippen LogP contribution in [0.15, 0.2) is 18.7 Å². The SMILES string of the molecule is c1ncc2c(C3CCNC3)c[nH]c2n1. The molecule has 14 heavy (non-hydrogen) atoms. The molecule has 2 aromatic rings. The van der Waals surface area contributed by atoms with Gasteiger partial charge in [0.1, 0.15) is 12.0 Å². The van der Waals surface area contributed by atoms with Gasteiger partial charge in [-0.2, -0.15) is 0 Å². The summed E-state index contributed by atoms with van der Waals surface area (Å²) in [6.07, 6.45) is 6.75. The molecular weight excluding hydrogens is 176 g/mol. The Morgan fingerprint density at radius 3 is 3.29 bits per heavy atom. The lowest BCUT2D eigenvalue weighted by molar-refractivity contribution is 0.769. The van der Waals surface area contributed by atoms with Crippen LogP contribution in [0.25, 0.3) is 11.0 Å². The molecule has 1 fully saturated rings. The Bertz CT molecular complexity index is 442. The highest BCUT2D eigenvalue weighted by atomic mass is 14.9. The van der Waals surface area contributed by atoms with Crippen LogP contribution in [0.2, 0.25) is 0 Å². The van der Waals surface area contributed by atoms with Crippen LogP contribution < -0.4 is 5.32 Å². The van der Waals surface area contributed by atoms with Crippen molar-refractivity contribution in [3.63, 3.8) is 0 Å². The summed E-state index contributed by atoms with van der Waals surface area (Å²) in [7, 11) is 0. The number of H-pyrrole nitrogens is 1. The van der Waals surface area contributed by atoms with Gasteiger partial charge in [0.15, 0.2) is 0 Å². The average Bonchev–Trinajstić information content (AvgIpc) is 2.85. The molecular formula is C10H12N4. The summed E-state index contributed by atoms with van der Waals surface area (Å²) in [5, 5.41) is 4.54. The van der Waals surface area contributed by atoms with Gasteiger partial charge in [0.25, 0.3) is 0 Å². The van der Waals surface area contributed by atoms with Gasteiger partial charge in [-0.25, -0.2) is 9.97 Å². The molecule has 1 aliphatic rings. The number of rotatable bonds is 1. The minimum absolute atomic E-state index is 0.620. The minimum Gasteiger partial charge on any atom is -0.346 e. The van der Waals surface area contributed by atoms with Crippen LogP contribution >= 0.6 is 0 Å². The fourth-order valence-electron chi connectivity index (χ4n) is 2.14. The van der Waals surface area contributed by atoms with E-state index in [1.54, 1.807) is 6.33 Å². The number of hydrogen-bond donors (Lipinski definition) is 2. The molecule has 4 heteroatoms. The Labute approximate surface area is 81.8 Å². The van der Waals surface area contributed by atoms with Crippen molar-refractivity contribution in [3.8, 4) is 0 Å². The molecule has 0 aromatic carbocycles. The van der Waals surface area contributed by atoms with Crippen LogP contribution in [0.1, 0.15) is 17.9 Å². The maximum Gasteiger partial charge on any atom is 0.140 e. The molecule has 0 aliphatic carbocycles. The second-order valence-corrected chi connectivity index (χ2v) is 3.72. The highest BCUT2D eigenvalue weighted by Gasteiger charge is 2.19. The molecule has 2 N–H and O–H groups in total. The predicted molar refractivity (Wildman–Crippen MR) is 54.1 cm³/mol. The normalized spacial score (nSPS) is 21.9. The topological polar surface area (TPSA) is 53.6 Å². The van der Waals surface area contributed by atoms with Gasteiger partial charge in [-0.1, -0.05) is 0 Å². The summed E-state index contributed by atoms with van der Waals surface area (Å²) in [6.45, 7) is 2.19. The van der Waals surface area contributed by atoms with Crippen molar-refractivity contribution < 1.29 is 0 Å². The molecule has 1 unspecified atom stereocenters. The smallest absolute Gasteiger partial charge is 0.140 e. The summed E-state index contributed by atoms with van der Waals surface area (Å²) in [4.78, 5) is 11.4. The summed E-state index contributed by atoms with van der Waals surface area (Å²) in [5.41, 5.74) is 2.30. The quantitative estimate of drug-likeness (QED) is 0.703. The second kappa shape index (κ2) is 3.06. The molecule has 0 spiro atoms. The summed E-state index contributed by atoms with van der Waals surface area (Å²) < 4.78 is 0. The Hall–Kier alpha value is -1.42. The fraction of sp³-hybridized carbons (Fsp3) is 0.400. The van der Waals surface area contributed by atoms with E-state index in [1.807, 2.05) is 6.20 Å². The standard InChI is InChI=1S/C10H12N4/c1-2-11-3-7(1)8-5-13-10-9(8)4-12-6-14-10/h4-7,11H,1-3H2,(H,12,13,14). The zero-order valence-corrected chi connectivity index (χ0v) is 7.83. The van der Waals surface area contributed by atoms with Crippen molar-refractivity contribution >= 4 is 11.0 Å². The van der Waals surface area contributed by atoms with Crippen molar-refractivity contribution in [2.45, 2.75) is 12.3 Å². The molecule has 4 nitrogen and oxygen atoms in total. The van der Waals surface area contributed by atoms with Gasteiger partial charge in [-0.3, -0.25) is 0 Å². The van der Waals surface area contributed by atoms with Crippen molar-refractivity contribution in [1.29, 1.82) is 0 Å². The van der Waals surface area contributed by atoms with E-state index in [4.69, 9.17) is 0 Å². The van der Waals surface area contributed by atoms with Crippen LogP contribution in [0, 0.1) is 0 Å². The molecule has 1 aliphatic heterocycles. The van der Waals surface area contributed by atoms with Crippen molar-refractivity contribution in [1.82, 2.24) is 20.3 Å². The largest absolute Gasteiger partial charge is 0.346 e. The lowest BCUT2D eigenvalue weighted by Gasteiger charge is -2.05. The van der Waals surface area contributed by atoms with Gasteiger partial charge in [0.05, 0.1) is 0 Å². The molecule has 0 saturated carbocycles. The Balaban J connectivity index is 2.11. The molecule has 1 saturated heterocycles. The first-order valence-electron chi connectivity index (χ1n) is 4.93. The Morgan fingerprint density at radius 1 is 1.43 bits per heavy atom. The Kier molecular flexibility index (Phi) is 1.73. The highest BCUT2D eigenvalue weighted by Crippen LogP contribution is 2.27. The number of aromatic nitrogens is 3. The maximum atomic E-state index is 4.19. The summed E-state index contributed by atoms with van der Waals surface area (Å²) >= 11 is 0. The maximum absolute atomic E-state index is 4.19. The van der Waals surface area contributed by atoms with Crippen molar-refractivity contribution in [2.75, 3.05) is 13.1 Å². The third kappa shape index (κ3) is 1.11. The fourth-order valence-corrected chi connectivity index (χ4v) is 2.14. The van der Waals surface area contributed by atoms with Gasteiger partial charge in [0, 0.05) is 24.3 Å². The average molecular weight is 188 g/mol. The molecule has 0 radical (unpaired) electrons. The van der Waals surface area contributed by atoms with Gasteiger partial charge in [-0.05, 0) is 24.4 Å². The number of fused-ring (bicyclic) bond motifs is 1. The van der Waals surface area contributed by atoms with E-state index in [1.165, 1.54) is 17.4 Å². The summed E-state index contributed by atoms with van der Waals surface area (Å²) in [6, 6.07) is 0. The first kappa shape index (κ1) is 7.94.